The van der Waals surface area contributed by atoms with Gasteiger partial charge in [-0.05, 0) is 24.3 Å². The molecule has 2 amide bonds. The summed E-state index contributed by atoms with van der Waals surface area (Å²) >= 11 is 0. The first kappa shape index (κ1) is 19.7. The molecule has 9 nitrogen and oxygen atoms in total. The number of nitrogens with one attached hydrogen (secondary N) is 2. The minimum atomic E-state index is -0.483. The van der Waals surface area contributed by atoms with Gasteiger partial charge in [0.05, 0.1) is 39.8 Å². The third kappa shape index (κ3) is 5.43. The van der Waals surface area contributed by atoms with Gasteiger partial charge in [0.25, 0.3) is 11.8 Å². The van der Waals surface area contributed by atoms with E-state index in [2.05, 4.69) is 20.8 Å². The molecule has 0 aliphatic carbocycles. The monoisotopic (exact) mass is 372 g/mol. The molecule has 2 aromatic rings. The van der Waals surface area contributed by atoms with Crippen molar-refractivity contribution in [1.29, 1.82) is 0 Å². The highest BCUT2D eigenvalue weighted by Crippen LogP contribution is 2.38. The van der Waals surface area contributed by atoms with Crippen LogP contribution in [0.4, 0.5) is 0 Å². The van der Waals surface area contributed by atoms with Crippen LogP contribution >= 0.6 is 0 Å². The molecule has 1 aromatic carbocycles. The lowest BCUT2D eigenvalue weighted by Gasteiger charge is -2.14. The first-order chi connectivity index (χ1) is 13.1. The van der Waals surface area contributed by atoms with Gasteiger partial charge in [0.1, 0.15) is 0 Å². The SMILES string of the molecule is COc1cc(C(=O)NCC(=O)N/N=C\c2ccccn2)cc(OC)c1OC. The summed E-state index contributed by atoms with van der Waals surface area (Å²) in [6.07, 6.45) is 3.01. The van der Waals surface area contributed by atoms with Crippen molar-refractivity contribution in [2.45, 2.75) is 0 Å². The molecule has 0 spiro atoms. The van der Waals surface area contributed by atoms with Gasteiger partial charge >= 0.3 is 0 Å². The Morgan fingerprint density at radius 1 is 1.11 bits per heavy atom. The van der Waals surface area contributed by atoms with E-state index in [-0.39, 0.29) is 12.1 Å². The summed E-state index contributed by atoms with van der Waals surface area (Å²) < 4.78 is 15.6. The summed E-state index contributed by atoms with van der Waals surface area (Å²) in [6.45, 7) is -0.255. The molecule has 0 atom stereocenters. The van der Waals surface area contributed by atoms with Crippen LogP contribution in [0.15, 0.2) is 41.6 Å². The Morgan fingerprint density at radius 3 is 2.37 bits per heavy atom. The maximum atomic E-state index is 12.3. The molecule has 0 saturated heterocycles. The highest BCUT2D eigenvalue weighted by atomic mass is 16.5. The van der Waals surface area contributed by atoms with Gasteiger partial charge in [0.15, 0.2) is 11.5 Å². The van der Waals surface area contributed by atoms with Gasteiger partial charge in [0, 0.05) is 11.8 Å². The highest BCUT2D eigenvalue weighted by Gasteiger charge is 2.17. The average molecular weight is 372 g/mol. The zero-order valence-electron chi connectivity index (χ0n) is 15.2. The molecule has 0 saturated carbocycles. The normalized spacial score (nSPS) is 10.3. The third-order valence-electron chi connectivity index (χ3n) is 3.41. The van der Waals surface area contributed by atoms with Gasteiger partial charge in [-0.2, -0.15) is 5.10 Å². The number of aromatic nitrogens is 1. The minimum absolute atomic E-state index is 0.255. The van der Waals surface area contributed by atoms with E-state index in [0.717, 1.165) is 0 Å². The molecular formula is C18H20N4O5. The summed E-state index contributed by atoms with van der Waals surface area (Å²) in [6, 6.07) is 8.30. The van der Waals surface area contributed by atoms with Gasteiger partial charge < -0.3 is 19.5 Å². The molecule has 27 heavy (non-hydrogen) atoms. The standard InChI is InChI=1S/C18H20N4O5/c1-25-14-8-12(9-15(26-2)17(14)27-3)18(24)20-11-16(23)22-21-10-13-6-4-5-7-19-13/h4-10H,11H2,1-3H3,(H,20,24)(H,22,23)/b21-10-. The largest absolute Gasteiger partial charge is 0.493 e. The van der Waals surface area contributed by atoms with Crippen molar-refractivity contribution in [1.82, 2.24) is 15.7 Å². The minimum Gasteiger partial charge on any atom is -0.493 e. The van der Waals surface area contributed by atoms with Crippen LogP contribution in [0.25, 0.3) is 0 Å². The third-order valence-corrected chi connectivity index (χ3v) is 3.41. The van der Waals surface area contributed by atoms with Crippen molar-refractivity contribution in [2.75, 3.05) is 27.9 Å². The van der Waals surface area contributed by atoms with Crippen LogP contribution in [0.5, 0.6) is 17.2 Å². The molecular weight excluding hydrogens is 352 g/mol. The summed E-state index contributed by atoms with van der Waals surface area (Å²) in [7, 11) is 4.37. The van der Waals surface area contributed by atoms with Gasteiger partial charge in [-0.25, -0.2) is 5.43 Å². The lowest BCUT2D eigenvalue weighted by molar-refractivity contribution is -0.120. The Bertz CT molecular complexity index is 799. The summed E-state index contributed by atoms with van der Waals surface area (Å²) in [5.74, 6) is 0.0945. The van der Waals surface area contributed by atoms with E-state index in [0.29, 0.717) is 22.9 Å². The van der Waals surface area contributed by atoms with Crippen molar-refractivity contribution in [3.05, 3.63) is 47.8 Å². The fourth-order valence-corrected chi connectivity index (χ4v) is 2.14. The zero-order chi connectivity index (χ0) is 19.6. The second-order valence-electron chi connectivity index (χ2n) is 5.14. The van der Waals surface area contributed by atoms with E-state index in [1.54, 1.807) is 24.4 Å². The fourth-order valence-electron chi connectivity index (χ4n) is 2.14. The Morgan fingerprint density at radius 2 is 1.81 bits per heavy atom. The Balaban J connectivity index is 1.95. The predicted molar refractivity (Wildman–Crippen MR) is 98.4 cm³/mol. The number of hydrogen-bond acceptors (Lipinski definition) is 7. The molecule has 2 rings (SSSR count). The maximum absolute atomic E-state index is 12.3. The number of amides is 2. The molecule has 0 unspecified atom stereocenters. The number of methoxy groups -OCH3 is 3. The number of benzene rings is 1. The molecule has 0 fully saturated rings. The molecule has 142 valence electrons. The molecule has 0 radical (unpaired) electrons. The number of hydrogen-bond donors (Lipinski definition) is 2. The smallest absolute Gasteiger partial charge is 0.259 e. The lowest BCUT2D eigenvalue weighted by atomic mass is 10.1. The summed E-state index contributed by atoms with van der Waals surface area (Å²) in [4.78, 5) is 28.1. The van der Waals surface area contributed by atoms with Gasteiger partial charge in [-0.1, -0.05) is 6.07 Å². The molecule has 2 N–H and O–H groups in total. The summed E-state index contributed by atoms with van der Waals surface area (Å²) in [5, 5.41) is 6.27. The number of carbonyl (C=O) groups is 2. The second-order valence-corrected chi connectivity index (χ2v) is 5.14. The molecule has 9 heteroatoms. The highest BCUT2D eigenvalue weighted by molar-refractivity contribution is 5.97. The quantitative estimate of drug-likeness (QED) is 0.528. The first-order valence-electron chi connectivity index (χ1n) is 7.90. The van der Waals surface area contributed by atoms with E-state index in [1.807, 2.05) is 0 Å². The summed E-state index contributed by atoms with van der Waals surface area (Å²) in [5.41, 5.74) is 3.16. The molecule has 0 aliphatic heterocycles. The number of hydrazone groups is 1. The number of nitrogens with zero attached hydrogens (tertiary/aromatic N) is 2. The van der Waals surface area contributed by atoms with E-state index in [9.17, 15) is 9.59 Å². The van der Waals surface area contributed by atoms with Gasteiger partial charge in [0.2, 0.25) is 5.75 Å². The van der Waals surface area contributed by atoms with Crippen molar-refractivity contribution in [3.8, 4) is 17.2 Å². The van der Waals surface area contributed by atoms with Crippen molar-refractivity contribution < 1.29 is 23.8 Å². The maximum Gasteiger partial charge on any atom is 0.259 e. The van der Waals surface area contributed by atoms with Crippen LogP contribution < -0.4 is 25.0 Å². The molecule has 1 aromatic heterocycles. The van der Waals surface area contributed by atoms with Crippen LogP contribution in [0.1, 0.15) is 16.1 Å². The lowest BCUT2D eigenvalue weighted by Crippen LogP contribution is -2.35. The second kappa shape index (κ2) is 9.76. The van der Waals surface area contributed by atoms with Crippen LogP contribution in [-0.2, 0) is 4.79 Å². The molecule has 0 bridgehead atoms. The van der Waals surface area contributed by atoms with Gasteiger partial charge in [-0.15, -0.1) is 0 Å². The number of pyridine rings is 1. The molecule has 0 aliphatic rings. The van der Waals surface area contributed by atoms with Crippen molar-refractivity contribution >= 4 is 18.0 Å². The van der Waals surface area contributed by atoms with Crippen LogP contribution in [0, 0.1) is 0 Å². The van der Waals surface area contributed by atoms with E-state index in [4.69, 9.17) is 14.2 Å². The van der Waals surface area contributed by atoms with Crippen molar-refractivity contribution in [2.24, 2.45) is 5.10 Å². The average Bonchev–Trinajstić information content (AvgIpc) is 2.71. The van der Waals surface area contributed by atoms with E-state index >= 15 is 0 Å². The Kier molecular flexibility index (Phi) is 7.12. The van der Waals surface area contributed by atoms with Gasteiger partial charge in [-0.3, -0.25) is 14.6 Å². The Labute approximate surface area is 156 Å². The molecule has 1 heterocycles. The zero-order valence-corrected chi connectivity index (χ0v) is 15.2. The fraction of sp³-hybridized carbons (Fsp3) is 0.222. The van der Waals surface area contributed by atoms with Crippen molar-refractivity contribution in [3.63, 3.8) is 0 Å². The number of rotatable bonds is 8. The van der Waals surface area contributed by atoms with E-state index < -0.39 is 11.8 Å². The van der Waals surface area contributed by atoms with Crippen LogP contribution in [0.2, 0.25) is 0 Å². The van der Waals surface area contributed by atoms with E-state index in [1.165, 1.54) is 39.7 Å². The predicted octanol–water partition coefficient (Wildman–Crippen LogP) is 0.987. The topological polar surface area (TPSA) is 111 Å². The van der Waals surface area contributed by atoms with Crippen LogP contribution in [0.3, 0.4) is 0 Å². The van der Waals surface area contributed by atoms with Crippen LogP contribution in [-0.4, -0.2) is 50.9 Å². The number of ether oxygens (including phenoxy) is 3. The number of carbonyl (C=O) groups excluding carboxylic acids is 2. The first-order valence-corrected chi connectivity index (χ1v) is 7.90. The Hall–Kier alpha value is -3.62.